The highest BCUT2D eigenvalue weighted by atomic mass is 35.5. The van der Waals surface area contributed by atoms with Crippen molar-refractivity contribution in [2.24, 2.45) is 0 Å². The zero-order valence-electron chi connectivity index (χ0n) is 11.5. The van der Waals surface area contributed by atoms with E-state index in [-0.39, 0.29) is 5.28 Å². The van der Waals surface area contributed by atoms with Gasteiger partial charge in [-0.3, -0.25) is 4.90 Å². The molecule has 2 rings (SSSR count). The Morgan fingerprint density at radius 1 is 1.11 bits per heavy atom. The third kappa shape index (κ3) is 3.91. The van der Waals surface area contributed by atoms with Gasteiger partial charge in [0.25, 0.3) is 0 Å². The van der Waals surface area contributed by atoms with E-state index in [0.717, 1.165) is 32.7 Å². The lowest BCUT2D eigenvalue weighted by Crippen LogP contribution is -2.47. The monoisotopic (exact) mass is 285 g/mol. The molecule has 0 aromatic carbocycles. The van der Waals surface area contributed by atoms with E-state index < -0.39 is 0 Å². The predicted molar refractivity (Wildman–Crippen MR) is 75.0 cm³/mol. The van der Waals surface area contributed by atoms with Gasteiger partial charge in [-0.2, -0.15) is 15.0 Å². The van der Waals surface area contributed by atoms with Crippen molar-refractivity contribution in [3.63, 3.8) is 0 Å². The zero-order chi connectivity index (χ0) is 13.7. The summed E-state index contributed by atoms with van der Waals surface area (Å²) in [6.45, 7) is 9.63. The fraction of sp³-hybridized carbons (Fsp3) is 0.750. The van der Waals surface area contributed by atoms with Crippen molar-refractivity contribution in [2.45, 2.75) is 20.3 Å². The van der Waals surface area contributed by atoms with Crippen LogP contribution in [-0.4, -0.2) is 59.2 Å². The van der Waals surface area contributed by atoms with Crippen molar-refractivity contribution in [1.82, 2.24) is 19.9 Å². The van der Waals surface area contributed by atoms with Gasteiger partial charge in [-0.25, -0.2) is 0 Å². The van der Waals surface area contributed by atoms with E-state index in [9.17, 15) is 0 Å². The van der Waals surface area contributed by atoms with Crippen LogP contribution in [0.2, 0.25) is 5.28 Å². The van der Waals surface area contributed by atoms with Gasteiger partial charge in [0.15, 0.2) is 0 Å². The van der Waals surface area contributed by atoms with E-state index >= 15 is 0 Å². The van der Waals surface area contributed by atoms with Crippen molar-refractivity contribution in [3.8, 4) is 6.01 Å². The Morgan fingerprint density at radius 3 is 2.47 bits per heavy atom. The maximum Gasteiger partial charge on any atom is 0.322 e. The highest BCUT2D eigenvalue weighted by molar-refractivity contribution is 6.28. The predicted octanol–water partition coefficient (Wildman–Crippen LogP) is 1.46. The van der Waals surface area contributed by atoms with Crippen LogP contribution in [0.1, 0.15) is 20.3 Å². The molecule has 0 spiro atoms. The second-order valence-corrected chi connectivity index (χ2v) is 4.79. The van der Waals surface area contributed by atoms with E-state index in [1.165, 1.54) is 6.42 Å². The number of piperazine rings is 1. The Morgan fingerprint density at radius 2 is 1.84 bits per heavy atom. The molecular formula is C12H20ClN5O. The first-order valence-electron chi connectivity index (χ1n) is 6.74. The number of hydrogen-bond acceptors (Lipinski definition) is 6. The molecule has 1 aliphatic heterocycles. The van der Waals surface area contributed by atoms with Crippen LogP contribution in [0.3, 0.4) is 0 Å². The summed E-state index contributed by atoms with van der Waals surface area (Å²) >= 11 is 5.90. The Bertz CT molecular complexity index is 409. The van der Waals surface area contributed by atoms with Crippen molar-refractivity contribution < 1.29 is 4.74 Å². The summed E-state index contributed by atoms with van der Waals surface area (Å²) in [7, 11) is 0. The van der Waals surface area contributed by atoms with Gasteiger partial charge >= 0.3 is 6.01 Å². The van der Waals surface area contributed by atoms with Crippen LogP contribution < -0.4 is 9.64 Å². The average molecular weight is 286 g/mol. The lowest BCUT2D eigenvalue weighted by Gasteiger charge is -2.34. The van der Waals surface area contributed by atoms with Gasteiger partial charge in [0.2, 0.25) is 11.2 Å². The van der Waals surface area contributed by atoms with E-state index in [1.807, 2.05) is 6.92 Å². The van der Waals surface area contributed by atoms with E-state index in [1.54, 1.807) is 0 Å². The van der Waals surface area contributed by atoms with Gasteiger partial charge in [0.1, 0.15) is 0 Å². The molecule has 0 radical (unpaired) electrons. The van der Waals surface area contributed by atoms with Gasteiger partial charge in [-0.15, -0.1) is 0 Å². The van der Waals surface area contributed by atoms with Crippen LogP contribution in [-0.2, 0) is 0 Å². The maximum absolute atomic E-state index is 5.90. The summed E-state index contributed by atoms with van der Waals surface area (Å²) in [5, 5.41) is 0.185. The summed E-state index contributed by atoms with van der Waals surface area (Å²) in [4.78, 5) is 17.0. The van der Waals surface area contributed by atoms with Crippen molar-refractivity contribution >= 4 is 17.5 Å². The molecule has 0 unspecified atom stereocenters. The second kappa shape index (κ2) is 6.86. The van der Waals surface area contributed by atoms with Crippen molar-refractivity contribution in [1.29, 1.82) is 0 Å². The van der Waals surface area contributed by atoms with E-state index in [4.69, 9.17) is 16.3 Å². The molecule has 19 heavy (non-hydrogen) atoms. The number of nitrogens with zero attached hydrogens (tertiary/aromatic N) is 5. The van der Waals surface area contributed by atoms with Crippen LogP contribution >= 0.6 is 11.6 Å². The quantitative estimate of drug-likeness (QED) is 0.816. The Hall–Kier alpha value is -1.14. The third-order valence-corrected chi connectivity index (χ3v) is 3.21. The number of aromatic nitrogens is 3. The molecule has 2 heterocycles. The molecule has 1 aliphatic rings. The summed E-state index contributed by atoms with van der Waals surface area (Å²) < 4.78 is 5.29. The van der Waals surface area contributed by atoms with Crippen LogP contribution in [0, 0.1) is 0 Å². The molecular weight excluding hydrogens is 266 g/mol. The normalized spacial score (nSPS) is 16.7. The molecule has 0 saturated carbocycles. The largest absolute Gasteiger partial charge is 0.464 e. The van der Waals surface area contributed by atoms with Crippen LogP contribution in [0.15, 0.2) is 0 Å². The van der Waals surface area contributed by atoms with Crippen molar-refractivity contribution in [3.05, 3.63) is 5.28 Å². The lowest BCUT2D eigenvalue weighted by atomic mass is 10.3. The first-order chi connectivity index (χ1) is 9.22. The highest BCUT2D eigenvalue weighted by Gasteiger charge is 2.19. The maximum atomic E-state index is 5.90. The summed E-state index contributed by atoms with van der Waals surface area (Å²) in [6, 6.07) is 0.300. The van der Waals surface area contributed by atoms with Crippen LogP contribution in [0.25, 0.3) is 0 Å². The molecule has 1 aromatic heterocycles. The highest BCUT2D eigenvalue weighted by Crippen LogP contribution is 2.16. The molecule has 1 aromatic rings. The molecule has 7 heteroatoms. The molecule has 106 valence electrons. The van der Waals surface area contributed by atoms with Gasteiger partial charge in [-0.1, -0.05) is 6.92 Å². The first kappa shape index (κ1) is 14.3. The Balaban J connectivity index is 2.02. The standard InChI is InChI=1S/C12H20ClN5O/c1-3-5-17-6-8-18(9-7-17)11-14-10(13)15-12(16-11)19-4-2/h3-9H2,1-2H3. The molecule has 0 atom stereocenters. The minimum Gasteiger partial charge on any atom is -0.464 e. The molecule has 0 amide bonds. The number of halogens is 1. The smallest absolute Gasteiger partial charge is 0.322 e. The van der Waals surface area contributed by atoms with Gasteiger partial charge < -0.3 is 9.64 Å². The number of ether oxygens (including phenoxy) is 1. The third-order valence-electron chi connectivity index (χ3n) is 3.04. The number of anilines is 1. The SMILES string of the molecule is CCCN1CCN(c2nc(Cl)nc(OCC)n2)CC1. The average Bonchev–Trinajstić information content (AvgIpc) is 2.40. The number of rotatable bonds is 5. The Kier molecular flexibility index (Phi) is 5.15. The minimum atomic E-state index is 0.185. The molecule has 1 saturated heterocycles. The van der Waals surface area contributed by atoms with Gasteiger partial charge in [-0.05, 0) is 31.5 Å². The molecule has 0 bridgehead atoms. The fourth-order valence-electron chi connectivity index (χ4n) is 2.14. The molecule has 1 fully saturated rings. The second-order valence-electron chi connectivity index (χ2n) is 4.45. The molecule has 0 aliphatic carbocycles. The first-order valence-corrected chi connectivity index (χ1v) is 7.12. The fourth-order valence-corrected chi connectivity index (χ4v) is 2.29. The lowest BCUT2D eigenvalue weighted by molar-refractivity contribution is 0.256. The summed E-state index contributed by atoms with van der Waals surface area (Å²) in [6.07, 6.45) is 1.19. The van der Waals surface area contributed by atoms with Crippen molar-refractivity contribution in [2.75, 3.05) is 44.2 Å². The molecule has 0 N–H and O–H groups in total. The van der Waals surface area contributed by atoms with Gasteiger partial charge in [0.05, 0.1) is 6.61 Å². The molecule has 6 nitrogen and oxygen atoms in total. The zero-order valence-corrected chi connectivity index (χ0v) is 12.2. The van der Waals surface area contributed by atoms with Crippen LogP contribution in [0.4, 0.5) is 5.95 Å². The van der Waals surface area contributed by atoms with Gasteiger partial charge in [0, 0.05) is 26.2 Å². The topological polar surface area (TPSA) is 54.4 Å². The van der Waals surface area contributed by atoms with E-state index in [2.05, 4.69) is 31.7 Å². The van der Waals surface area contributed by atoms with E-state index in [0.29, 0.717) is 18.6 Å². The van der Waals surface area contributed by atoms with Crippen LogP contribution in [0.5, 0.6) is 6.01 Å². The Labute approximate surface area is 118 Å². The summed E-state index contributed by atoms with van der Waals surface area (Å²) in [5.74, 6) is 0.611. The summed E-state index contributed by atoms with van der Waals surface area (Å²) in [5.41, 5.74) is 0. The number of hydrogen-bond donors (Lipinski definition) is 0. The minimum absolute atomic E-state index is 0.185.